The molecule has 2 atom stereocenters. The summed E-state index contributed by atoms with van der Waals surface area (Å²) in [7, 11) is 0. The molecule has 6 N–H and O–H groups in total. The lowest BCUT2D eigenvalue weighted by molar-refractivity contribution is -0.172. The third-order valence-corrected chi connectivity index (χ3v) is 8.17. The van der Waals surface area contributed by atoms with Gasteiger partial charge >= 0.3 is 5.97 Å². The number of fused-ring (bicyclic) bond motifs is 7. The number of carbonyl (C=O) groups is 1. The quantitative estimate of drug-likeness (QED) is 0.163. The van der Waals surface area contributed by atoms with Gasteiger partial charge in [0.05, 0.1) is 41.7 Å². The highest BCUT2D eigenvalue weighted by molar-refractivity contribution is 5.96. The molecule has 6 rings (SSSR count). The van der Waals surface area contributed by atoms with Crippen molar-refractivity contribution in [1.82, 2.24) is 14.6 Å². The zero-order valence-corrected chi connectivity index (χ0v) is 22.6. The van der Waals surface area contributed by atoms with E-state index < -0.39 is 17.7 Å². The van der Waals surface area contributed by atoms with Gasteiger partial charge in [-0.05, 0) is 55.0 Å². The van der Waals surface area contributed by atoms with Crippen molar-refractivity contribution in [2.45, 2.75) is 70.9 Å². The number of pyridine rings is 2. The summed E-state index contributed by atoms with van der Waals surface area (Å²) in [6, 6.07) is 5.80. The summed E-state index contributed by atoms with van der Waals surface area (Å²) in [4.78, 5) is 31.3. The van der Waals surface area contributed by atoms with E-state index in [1.165, 1.54) is 10.6 Å². The standard InChI is InChI=1S/C30H33N5O5/c1-3-30(39)23-11-25-27-21(14-35(25)28(37)22(23)15-40-29(30)38)20(13-34(32)12-18(31)10-16(2)36)26-19-7-5-4-6-17(19)8-9-24(26)33-27/h5,7-9,11-12,16,36,39H,3-4,6,10,13-15,31-32H2,1-2H3/b18-12-/t16?,30-/m0/s1. The van der Waals surface area contributed by atoms with E-state index >= 15 is 0 Å². The number of rotatable bonds is 6. The molecule has 2 aliphatic heterocycles. The van der Waals surface area contributed by atoms with Gasteiger partial charge in [-0.25, -0.2) is 15.6 Å². The first-order chi connectivity index (χ1) is 19.1. The fourth-order valence-corrected chi connectivity index (χ4v) is 6.19. The second-order valence-corrected chi connectivity index (χ2v) is 10.9. The third-order valence-electron chi connectivity index (χ3n) is 8.17. The Balaban J connectivity index is 1.58. The number of benzene rings is 1. The molecular weight excluding hydrogens is 510 g/mol. The van der Waals surface area contributed by atoms with Gasteiger partial charge in [-0.3, -0.25) is 4.79 Å². The average Bonchev–Trinajstić information content (AvgIpc) is 3.29. The van der Waals surface area contributed by atoms with Crippen molar-refractivity contribution in [2.75, 3.05) is 0 Å². The highest BCUT2D eigenvalue weighted by Crippen LogP contribution is 2.42. The van der Waals surface area contributed by atoms with Gasteiger partial charge in [-0.15, -0.1) is 0 Å². The van der Waals surface area contributed by atoms with E-state index in [0.717, 1.165) is 40.4 Å². The fourth-order valence-electron chi connectivity index (χ4n) is 6.19. The molecule has 3 aliphatic rings. The number of nitrogens with two attached hydrogens (primary N) is 2. The topological polar surface area (TPSA) is 157 Å². The van der Waals surface area contributed by atoms with Crippen LogP contribution in [-0.2, 0) is 41.2 Å². The zero-order chi connectivity index (χ0) is 28.3. The minimum absolute atomic E-state index is 0.0752. The SMILES string of the molecule is CC[C@@]1(O)C(=O)OCc2c1cc1n(c2=O)Cc2c-1nc1ccc3c(c1c2CN(N)/C=C(\N)CC(C)O)C=CCC3. The van der Waals surface area contributed by atoms with E-state index in [1.807, 2.05) is 6.07 Å². The number of hydrogen-bond donors (Lipinski definition) is 4. The fraction of sp³-hybridized carbons (Fsp3) is 0.367. The van der Waals surface area contributed by atoms with Crippen molar-refractivity contribution in [3.63, 3.8) is 0 Å². The lowest BCUT2D eigenvalue weighted by Crippen LogP contribution is -2.44. The lowest BCUT2D eigenvalue weighted by atomic mass is 9.86. The lowest BCUT2D eigenvalue weighted by Gasteiger charge is -2.31. The van der Waals surface area contributed by atoms with E-state index in [2.05, 4.69) is 18.2 Å². The Kier molecular flexibility index (Phi) is 6.29. The van der Waals surface area contributed by atoms with Crippen LogP contribution >= 0.6 is 0 Å². The van der Waals surface area contributed by atoms with Crippen molar-refractivity contribution in [1.29, 1.82) is 0 Å². The minimum atomic E-state index is -1.89. The van der Waals surface area contributed by atoms with Crippen molar-refractivity contribution >= 4 is 22.9 Å². The maximum atomic E-state index is 13.7. The van der Waals surface area contributed by atoms with Gasteiger partial charge in [0.15, 0.2) is 5.60 Å². The van der Waals surface area contributed by atoms with Crippen LogP contribution in [0.25, 0.3) is 28.4 Å². The van der Waals surface area contributed by atoms with Crippen LogP contribution in [0.1, 0.15) is 66.5 Å². The molecule has 2 aromatic heterocycles. The van der Waals surface area contributed by atoms with Crippen LogP contribution < -0.4 is 17.1 Å². The zero-order valence-electron chi connectivity index (χ0n) is 22.6. The summed E-state index contributed by atoms with van der Waals surface area (Å²) in [5.74, 6) is 5.69. The first-order valence-corrected chi connectivity index (χ1v) is 13.6. The molecule has 4 heterocycles. The Hall–Kier alpha value is -3.99. The van der Waals surface area contributed by atoms with Crippen molar-refractivity contribution in [3.05, 3.63) is 79.9 Å². The third kappa shape index (κ3) is 4.02. The average molecular weight is 544 g/mol. The molecule has 1 aliphatic carbocycles. The summed E-state index contributed by atoms with van der Waals surface area (Å²) < 4.78 is 6.84. The maximum absolute atomic E-state index is 13.7. The van der Waals surface area contributed by atoms with Crippen LogP contribution in [0.15, 0.2) is 41.0 Å². The highest BCUT2D eigenvalue weighted by atomic mass is 16.6. The molecular formula is C30H33N5O5. The molecule has 0 fully saturated rings. The number of hydrazine groups is 1. The number of aryl methyl sites for hydroxylation is 1. The van der Waals surface area contributed by atoms with Gasteiger partial charge in [-0.1, -0.05) is 25.1 Å². The summed E-state index contributed by atoms with van der Waals surface area (Å²) in [5, 5.41) is 23.4. The van der Waals surface area contributed by atoms with E-state index in [9.17, 15) is 19.8 Å². The van der Waals surface area contributed by atoms with Crippen LogP contribution in [0, 0.1) is 0 Å². The molecule has 10 nitrogen and oxygen atoms in total. The molecule has 0 saturated carbocycles. The van der Waals surface area contributed by atoms with Crippen LogP contribution in [0.3, 0.4) is 0 Å². The van der Waals surface area contributed by atoms with Gasteiger partial charge in [0.25, 0.3) is 5.56 Å². The molecule has 1 aromatic carbocycles. The highest BCUT2D eigenvalue weighted by Gasteiger charge is 2.45. The van der Waals surface area contributed by atoms with Crippen molar-refractivity contribution in [2.24, 2.45) is 11.6 Å². The van der Waals surface area contributed by atoms with Gasteiger partial charge in [0.2, 0.25) is 0 Å². The van der Waals surface area contributed by atoms with Gasteiger partial charge in [0, 0.05) is 34.8 Å². The normalized spacial score (nSPS) is 20.0. The summed E-state index contributed by atoms with van der Waals surface area (Å²) in [6.45, 7) is 3.71. The number of carbonyl (C=O) groups excluding carboxylic acids is 1. The smallest absolute Gasteiger partial charge is 0.343 e. The Morgan fingerprint density at radius 2 is 2.12 bits per heavy atom. The number of hydrogen-bond acceptors (Lipinski definition) is 9. The van der Waals surface area contributed by atoms with Gasteiger partial charge in [-0.2, -0.15) is 0 Å². The summed E-state index contributed by atoms with van der Waals surface area (Å²) in [6.07, 6.45) is 7.53. The number of esters is 1. The van der Waals surface area contributed by atoms with Crippen molar-refractivity contribution < 1.29 is 19.7 Å². The number of cyclic esters (lactones) is 1. The molecule has 0 spiro atoms. The molecule has 3 aromatic rings. The number of nitrogens with zero attached hydrogens (tertiary/aromatic N) is 3. The molecule has 208 valence electrons. The van der Waals surface area contributed by atoms with Crippen LogP contribution in [0.4, 0.5) is 0 Å². The molecule has 1 unspecified atom stereocenters. The van der Waals surface area contributed by atoms with Gasteiger partial charge < -0.3 is 30.3 Å². The second kappa shape index (κ2) is 9.58. The number of aliphatic hydroxyl groups excluding tert-OH is 1. The van der Waals surface area contributed by atoms with E-state index in [0.29, 0.717) is 17.1 Å². The van der Waals surface area contributed by atoms with E-state index in [4.69, 9.17) is 21.3 Å². The Morgan fingerprint density at radius 3 is 2.88 bits per heavy atom. The predicted molar refractivity (Wildman–Crippen MR) is 150 cm³/mol. The molecule has 40 heavy (non-hydrogen) atoms. The van der Waals surface area contributed by atoms with Gasteiger partial charge in [0.1, 0.15) is 6.61 Å². The molecule has 0 amide bonds. The maximum Gasteiger partial charge on any atom is 0.343 e. The summed E-state index contributed by atoms with van der Waals surface area (Å²) >= 11 is 0. The first kappa shape index (κ1) is 26.2. The van der Waals surface area contributed by atoms with E-state index in [1.54, 1.807) is 30.7 Å². The number of aromatic nitrogens is 2. The van der Waals surface area contributed by atoms with Crippen LogP contribution in [-0.4, -0.2) is 36.8 Å². The molecule has 0 bridgehead atoms. The van der Waals surface area contributed by atoms with Crippen molar-refractivity contribution in [3.8, 4) is 11.4 Å². The monoisotopic (exact) mass is 543 g/mol. The predicted octanol–water partition coefficient (Wildman–Crippen LogP) is 2.29. The number of aliphatic hydroxyl groups is 2. The van der Waals surface area contributed by atoms with E-state index in [-0.39, 0.29) is 49.2 Å². The first-order valence-electron chi connectivity index (χ1n) is 13.6. The van der Waals surface area contributed by atoms with Crippen LogP contribution in [0.5, 0.6) is 0 Å². The number of allylic oxidation sites excluding steroid dienone is 1. The largest absolute Gasteiger partial charge is 0.458 e. The summed E-state index contributed by atoms with van der Waals surface area (Å²) in [5.41, 5.74) is 10.9. The Bertz CT molecular complexity index is 1690. The minimum Gasteiger partial charge on any atom is -0.458 e. The molecule has 10 heteroatoms. The number of ether oxygens (including phenoxy) is 1. The Morgan fingerprint density at radius 1 is 1.32 bits per heavy atom. The second-order valence-electron chi connectivity index (χ2n) is 10.9. The molecule has 0 saturated heterocycles. The van der Waals surface area contributed by atoms with Crippen LogP contribution in [0.2, 0.25) is 0 Å². The molecule has 0 radical (unpaired) electrons. The Labute approximate surface area is 231 Å².